The van der Waals surface area contributed by atoms with E-state index in [4.69, 9.17) is 9.47 Å². The Hall–Kier alpha value is -1.69. The molecule has 2 aromatic rings. The Kier molecular flexibility index (Phi) is 3.33. The molecular formula is C13H18N4O2. The predicted octanol–water partition coefficient (Wildman–Crippen LogP) is 2.31. The molecule has 3 heterocycles. The van der Waals surface area contributed by atoms with Crippen LogP contribution in [0.5, 0.6) is 6.01 Å². The van der Waals surface area contributed by atoms with Gasteiger partial charge in [-0.25, -0.2) is 9.97 Å². The molecule has 1 aliphatic heterocycles. The van der Waals surface area contributed by atoms with E-state index in [1.165, 1.54) is 6.42 Å². The number of nitrogens with zero attached hydrogens (tertiary/aromatic N) is 4. The molecule has 1 unspecified atom stereocenters. The zero-order valence-corrected chi connectivity index (χ0v) is 11.2. The topological polar surface area (TPSA) is 62.1 Å². The first-order chi connectivity index (χ1) is 9.24. The first-order valence-electron chi connectivity index (χ1n) is 6.72. The van der Waals surface area contributed by atoms with Crippen LogP contribution in [-0.4, -0.2) is 32.2 Å². The average Bonchev–Trinajstić information content (AvgIpc) is 2.82. The summed E-state index contributed by atoms with van der Waals surface area (Å²) >= 11 is 0. The fraction of sp³-hybridized carbons (Fsp3) is 0.615. The summed E-state index contributed by atoms with van der Waals surface area (Å²) in [5.74, 6) is 0. The van der Waals surface area contributed by atoms with Crippen LogP contribution in [0.2, 0.25) is 0 Å². The van der Waals surface area contributed by atoms with Gasteiger partial charge in [-0.2, -0.15) is 4.98 Å². The third-order valence-corrected chi connectivity index (χ3v) is 3.10. The summed E-state index contributed by atoms with van der Waals surface area (Å²) in [5.41, 5.74) is 1.54. The Morgan fingerprint density at radius 2 is 2.26 bits per heavy atom. The quantitative estimate of drug-likeness (QED) is 0.849. The first kappa shape index (κ1) is 12.3. The molecule has 102 valence electrons. The smallest absolute Gasteiger partial charge is 0.318 e. The molecule has 2 aromatic heterocycles. The molecule has 1 aliphatic rings. The van der Waals surface area contributed by atoms with Crippen molar-refractivity contribution >= 4 is 11.2 Å². The molecule has 1 saturated heterocycles. The van der Waals surface area contributed by atoms with E-state index in [0.717, 1.165) is 30.6 Å². The maximum absolute atomic E-state index is 5.77. The Labute approximate surface area is 111 Å². The van der Waals surface area contributed by atoms with Gasteiger partial charge >= 0.3 is 6.01 Å². The average molecular weight is 262 g/mol. The van der Waals surface area contributed by atoms with E-state index >= 15 is 0 Å². The SMILES string of the molecule is CC(C)Oc1ncc2ncn(C3CCCCO3)c2n1. The van der Waals surface area contributed by atoms with Gasteiger partial charge in [-0.15, -0.1) is 0 Å². The predicted molar refractivity (Wildman–Crippen MR) is 69.9 cm³/mol. The number of rotatable bonds is 3. The second kappa shape index (κ2) is 5.13. The van der Waals surface area contributed by atoms with E-state index in [-0.39, 0.29) is 12.3 Å². The van der Waals surface area contributed by atoms with Crippen LogP contribution < -0.4 is 4.74 Å². The van der Waals surface area contributed by atoms with Crippen molar-refractivity contribution in [2.24, 2.45) is 0 Å². The van der Waals surface area contributed by atoms with Crippen LogP contribution in [0.3, 0.4) is 0 Å². The van der Waals surface area contributed by atoms with E-state index in [9.17, 15) is 0 Å². The number of hydrogen-bond acceptors (Lipinski definition) is 5. The Morgan fingerprint density at radius 3 is 3.00 bits per heavy atom. The Balaban J connectivity index is 1.95. The zero-order valence-electron chi connectivity index (χ0n) is 11.2. The lowest BCUT2D eigenvalue weighted by atomic mass is 10.2. The molecule has 0 spiro atoms. The molecule has 0 saturated carbocycles. The molecule has 19 heavy (non-hydrogen) atoms. The van der Waals surface area contributed by atoms with Crippen molar-refractivity contribution in [3.8, 4) is 6.01 Å². The lowest BCUT2D eigenvalue weighted by Crippen LogP contribution is -2.18. The lowest BCUT2D eigenvalue weighted by Gasteiger charge is -2.23. The van der Waals surface area contributed by atoms with Crippen LogP contribution in [-0.2, 0) is 4.74 Å². The van der Waals surface area contributed by atoms with Gasteiger partial charge in [0.15, 0.2) is 5.65 Å². The lowest BCUT2D eigenvalue weighted by molar-refractivity contribution is -0.0298. The standard InChI is InChI=1S/C13H18N4O2/c1-9(2)19-13-14-7-10-12(16-13)17(8-15-10)11-5-3-4-6-18-11/h7-9,11H,3-6H2,1-2H3. The van der Waals surface area contributed by atoms with E-state index < -0.39 is 0 Å². The minimum atomic E-state index is 0.0283. The largest absolute Gasteiger partial charge is 0.461 e. The molecule has 1 fully saturated rings. The summed E-state index contributed by atoms with van der Waals surface area (Å²) in [6.45, 7) is 4.70. The van der Waals surface area contributed by atoms with E-state index in [1.54, 1.807) is 12.5 Å². The fourth-order valence-electron chi connectivity index (χ4n) is 2.23. The molecule has 0 amide bonds. The minimum Gasteiger partial charge on any atom is -0.461 e. The fourth-order valence-corrected chi connectivity index (χ4v) is 2.23. The summed E-state index contributed by atoms with van der Waals surface area (Å²) < 4.78 is 13.3. The highest BCUT2D eigenvalue weighted by Crippen LogP contribution is 2.25. The van der Waals surface area contributed by atoms with Crippen molar-refractivity contribution in [1.29, 1.82) is 0 Å². The van der Waals surface area contributed by atoms with Crippen molar-refractivity contribution in [1.82, 2.24) is 19.5 Å². The number of aromatic nitrogens is 4. The molecular weight excluding hydrogens is 244 g/mol. The Morgan fingerprint density at radius 1 is 1.37 bits per heavy atom. The summed E-state index contributed by atoms with van der Waals surface area (Å²) in [4.78, 5) is 12.9. The van der Waals surface area contributed by atoms with Crippen molar-refractivity contribution < 1.29 is 9.47 Å². The van der Waals surface area contributed by atoms with Crippen LogP contribution >= 0.6 is 0 Å². The zero-order chi connectivity index (χ0) is 13.2. The molecule has 0 radical (unpaired) electrons. The van der Waals surface area contributed by atoms with Crippen LogP contribution in [0.15, 0.2) is 12.5 Å². The monoisotopic (exact) mass is 262 g/mol. The van der Waals surface area contributed by atoms with Crippen LogP contribution in [0.25, 0.3) is 11.2 Å². The van der Waals surface area contributed by atoms with Gasteiger partial charge < -0.3 is 9.47 Å². The van der Waals surface area contributed by atoms with Gasteiger partial charge in [0.05, 0.1) is 18.6 Å². The highest BCUT2D eigenvalue weighted by molar-refractivity contribution is 5.69. The summed E-state index contributed by atoms with van der Waals surface area (Å²) in [6.07, 6.45) is 6.84. The van der Waals surface area contributed by atoms with Crippen LogP contribution in [0, 0.1) is 0 Å². The van der Waals surface area contributed by atoms with Crippen molar-refractivity contribution in [2.75, 3.05) is 6.61 Å². The van der Waals surface area contributed by atoms with E-state index in [1.807, 2.05) is 18.4 Å². The van der Waals surface area contributed by atoms with Gasteiger partial charge in [0.1, 0.15) is 11.7 Å². The highest BCUT2D eigenvalue weighted by Gasteiger charge is 2.19. The molecule has 3 rings (SSSR count). The summed E-state index contributed by atoms with van der Waals surface area (Å²) in [7, 11) is 0. The van der Waals surface area contributed by atoms with Crippen LogP contribution in [0.4, 0.5) is 0 Å². The molecule has 0 N–H and O–H groups in total. The van der Waals surface area contributed by atoms with Crippen molar-refractivity contribution in [2.45, 2.75) is 45.4 Å². The van der Waals surface area contributed by atoms with Crippen molar-refractivity contribution in [3.05, 3.63) is 12.5 Å². The first-order valence-corrected chi connectivity index (χ1v) is 6.72. The third-order valence-electron chi connectivity index (χ3n) is 3.10. The number of imidazole rings is 1. The Bertz CT molecular complexity index is 561. The highest BCUT2D eigenvalue weighted by atomic mass is 16.5. The van der Waals surface area contributed by atoms with E-state index in [2.05, 4.69) is 15.0 Å². The minimum absolute atomic E-state index is 0.0283. The maximum Gasteiger partial charge on any atom is 0.318 e. The van der Waals surface area contributed by atoms with Gasteiger partial charge in [0.25, 0.3) is 0 Å². The van der Waals surface area contributed by atoms with Gasteiger partial charge in [0, 0.05) is 6.61 Å². The molecule has 1 atom stereocenters. The molecule has 0 aromatic carbocycles. The van der Waals surface area contributed by atoms with Gasteiger partial charge in [-0.1, -0.05) is 0 Å². The molecule has 6 nitrogen and oxygen atoms in total. The summed E-state index contributed by atoms with van der Waals surface area (Å²) in [6, 6.07) is 0.389. The van der Waals surface area contributed by atoms with Gasteiger partial charge in [-0.3, -0.25) is 4.57 Å². The second-order valence-electron chi connectivity index (χ2n) is 5.00. The third kappa shape index (κ3) is 2.53. The summed E-state index contributed by atoms with van der Waals surface area (Å²) in [5, 5.41) is 0. The molecule has 0 aliphatic carbocycles. The number of ether oxygens (including phenoxy) is 2. The number of fused-ring (bicyclic) bond motifs is 1. The van der Waals surface area contributed by atoms with Gasteiger partial charge in [-0.05, 0) is 33.1 Å². The number of hydrogen-bond donors (Lipinski definition) is 0. The van der Waals surface area contributed by atoms with Crippen molar-refractivity contribution in [3.63, 3.8) is 0 Å². The second-order valence-corrected chi connectivity index (χ2v) is 5.00. The van der Waals surface area contributed by atoms with Crippen LogP contribution in [0.1, 0.15) is 39.3 Å². The molecule has 0 bridgehead atoms. The van der Waals surface area contributed by atoms with E-state index in [0.29, 0.717) is 6.01 Å². The maximum atomic E-state index is 5.77. The molecule has 6 heteroatoms. The normalized spacial score (nSPS) is 20.1. The van der Waals surface area contributed by atoms with Gasteiger partial charge in [0.2, 0.25) is 0 Å².